The number of benzene rings is 1. The predicted molar refractivity (Wildman–Crippen MR) is 76.7 cm³/mol. The second kappa shape index (κ2) is 5.35. The van der Waals surface area contributed by atoms with E-state index in [1.165, 1.54) is 11.1 Å². The molecule has 0 atom stereocenters. The van der Waals surface area contributed by atoms with E-state index in [4.69, 9.17) is 12.2 Å². The minimum atomic E-state index is 0.0198. The van der Waals surface area contributed by atoms with Crippen LogP contribution in [0.2, 0.25) is 0 Å². The van der Waals surface area contributed by atoms with E-state index in [9.17, 15) is 4.79 Å². The fourth-order valence-corrected chi connectivity index (χ4v) is 2.16. The van der Waals surface area contributed by atoms with Crippen LogP contribution in [0, 0.1) is 13.8 Å². The molecule has 2 N–H and O–H groups in total. The van der Waals surface area contributed by atoms with Gasteiger partial charge in [-0.1, -0.05) is 12.1 Å². The Morgan fingerprint density at radius 2 is 2.22 bits per heavy atom. The number of aryl methyl sites for hydroxylation is 1. The third-order valence-corrected chi connectivity index (χ3v) is 3.53. The summed E-state index contributed by atoms with van der Waals surface area (Å²) in [6.45, 7) is 5.85. The second-order valence-electron chi connectivity index (χ2n) is 4.45. The van der Waals surface area contributed by atoms with E-state index in [1.54, 1.807) is 0 Å². The van der Waals surface area contributed by atoms with Crippen molar-refractivity contribution in [1.29, 1.82) is 0 Å². The van der Waals surface area contributed by atoms with Crippen molar-refractivity contribution in [1.82, 2.24) is 10.2 Å². The summed E-state index contributed by atoms with van der Waals surface area (Å²) in [5.41, 5.74) is 3.41. The number of amides is 1. The molecule has 1 heterocycles. The van der Waals surface area contributed by atoms with Gasteiger partial charge in [0, 0.05) is 18.8 Å². The number of thiocarbonyl (C=S) groups is 1. The van der Waals surface area contributed by atoms with Gasteiger partial charge < -0.3 is 15.5 Å². The minimum absolute atomic E-state index is 0.0198. The molecule has 1 amide bonds. The SMILES string of the molecule is Cc1cccc(NC(=S)N2CCNC(=O)C2)c1C. The monoisotopic (exact) mass is 263 g/mol. The summed E-state index contributed by atoms with van der Waals surface area (Å²) in [5, 5.41) is 6.61. The van der Waals surface area contributed by atoms with E-state index < -0.39 is 0 Å². The van der Waals surface area contributed by atoms with Crippen LogP contribution in [0.15, 0.2) is 18.2 Å². The van der Waals surface area contributed by atoms with Crippen LogP contribution in [0.5, 0.6) is 0 Å². The maximum absolute atomic E-state index is 11.3. The molecule has 2 rings (SSSR count). The van der Waals surface area contributed by atoms with Crippen molar-refractivity contribution in [3.8, 4) is 0 Å². The molecule has 1 aromatic carbocycles. The molecule has 5 heteroatoms. The van der Waals surface area contributed by atoms with Gasteiger partial charge in [-0.15, -0.1) is 0 Å². The van der Waals surface area contributed by atoms with Gasteiger partial charge in [-0.25, -0.2) is 0 Å². The Hall–Kier alpha value is -1.62. The number of piperazine rings is 1. The van der Waals surface area contributed by atoms with Gasteiger partial charge in [0.25, 0.3) is 0 Å². The summed E-state index contributed by atoms with van der Waals surface area (Å²) in [4.78, 5) is 13.2. The Labute approximate surface area is 112 Å². The largest absolute Gasteiger partial charge is 0.353 e. The van der Waals surface area contributed by atoms with E-state index >= 15 is 0 Å². The number of rotatable bonds is 1. The molecule has 0 saturated carbocycles. The smallest absolute Gasteiger partial charge is 0.239 e. The Morgan fingerprint density at radius 3 is 2.94 bits per heavy atom. The van der Waals surface area contributed by atoms with Crippen LogP contribution in [0.4, 0.5) is 5.69 Å². The lowest BCUT2D eigenvalue weighted by Crippen LogP contribution is -2.51. The first kappa shape index (κ1) is 12.8. The minimum Gasteiger partial charge on any atom is -0.353 e. The molecule has 4 nitrogen and oxygen atoms in total. The van der Waals surface area contributed by atoms with Crippen molar-refractivity contribution < 1.29 is 4.79 Å². The molecule has 0 bridgehead atoms. The van der Waals surface area contributed by atoms with Gasteiger partial charge in [0.05, 0.1) is 6.54 Å². The van der Waals surface area contributed by atoms with Crippen molar-refractivity contribution in [2.45, 2.75) is 13.8 Å². The zero-order valence-corrected chi connectivity index (χ0v) is 11.4. The Kier molecular flexibility index (Phi) is 3.81. The maximum atomic E-state index is 11.3. The van der Waals surface area contributed by atoms with Crippen LogP contribution < -0.4 is 10.6 Å². The van der Waals surface area contributed by atoms with E-state index in [1.807, 2.05) is 17.0 Å². The zero-order chi connectivity index (χ0) is 13.1. The normalized spacial score (nSPS) is 15.2. The van der Waals surface area contributed by atoms with E-state index in [2.05, 4.69) is 30.5 Å². The van der Waals surface area contributed by atoms with Crippen LogP contribution in [-0.2, 0) is 4.79 Å². The number of hydrogen-bond donors (Lipinski definition) is 2. The number of carbonyl (C=O) groups is 1. The van der Waals surface area contributed by atoms with Crippen molar-refractivity contribution in [3.05, 3.63) is 29.3 Å². The standard InChI is InChI=1S/C13H17N3OS/c1-9-4-3-5-11(10(9)2)15-13(18)16-7-6-14-12(17)8-16/h3-5H,6-8H2,1-2H3,(H,14,17)(H,15,18). The maximum Gasteiger partial charge on any atom is 0.239 e. The number of nitrogens with one attached hydrogen (secondary N) is 2. The highest BCUT2D eigenvalue weighted by Gasteiger charge is 2.18. The van der Waals surface area contributed by atoms with Crippen LogP contribution >= 0.6 is 12.2 Å². The molecule has 1 aliphatic rings. The second-order valence-corrected chi connectivity index (χ2v) is 4.84. The molecule has 1 aliphatic heterocycles. The number of nitrogens with zero attached hydrogens (tertiary/aromatic N) is 1. The Morgan fingerprint density at radius 1 is 1.44 bits per heavy atom. The van der Waals surface area contributed by atoms with Crippen molar-refractivity contribution in [2.75, 3.05) is 25.0 Å². The van der Waals surface area contributed by atoms with Crippen molar-refractivity contribution in [2.24, 2.45) is 0 Å². The lowest BCUT2D eigenvalue weighted by Gasteiger charge is -2.29. The lowest BCUT2D eigenvalue weighted by atomic mass is 10.1. The quantitative estimate of drug-likeness (QED) is 0.752. The van der Waals surface area contributed by atoms with Gasteiger partial charge in [-0.05, 0) is 43.3 Å². The predicted octanol–water partition coefficient (Wildman–Crippen LogP) is 1.43. The molecule has 0 spiro atoms. The molecule has 0 aliphatic carbocycles. The van der Waals surface area contributed by atoms with E-state index in [-0.39, 0.29) is 5.91 Å². The summed E-state index contributed by atoms with van der Waals surface area (Å²) < 4.78 is 0. The van der Waals surface area contributed by atoms with Gasteiger partial charge in [-0.3, -0.25) is 4.79 Å². The number of carbonyl (C=O) groups excluding carboxylic acids is 1. The number of anilines is 1. The molecular formula is C13H17N3OS. The van der Waals surface area contributed by atoms with Gasteiger partial charge in [0.2, 0.25) is 5.91 Å². The molecule has 0 aromatic heterocycles. The first-order valence-corrected chi connectivity index (χ1v) is 6.37. The van der Waals surface area contributed by atoms with Crippen LogP contribution in [-0.4, -0.2) is 35.6 Å². The lowest BCUT2D eigenvalue weighted by molar-refractivity contribution is -0.122. The molecule has 0 unspecified atom stereocenters. The summed E-state index contributed by atoms with van der Waals surface area (Å²) in [7, 11) is 0. The third-order valence-electron chi connectivity index (χ3n) is 3.17. The summed E-state index contributed by atoms with van der Waals surface area (Å²) in [6, 6.07) is 6.06. The topological polar surface area (TPSA) is 44.4 Å². The first-order valence-electron chi connectivity index (χ1n) is 5.97. The molecule has 1 saturated heterocycles. The highest BCUT2D eigenvalue weighted by molar-refractivity contribution is 7.80. The molecule has 0 radical (unpaired) electrons. The van der Waals surface area contributed by atoms with Gasteiger partial charge in [-0.2, -0.15) is 0 Å². The molecule has 18 heavy (non-hydrogen) atoms. The van der Waals surface area contributed by atoms with Gasteiger partial charge in [0.1, 0.15) is 0 Å². The van der Waals surface area contributed by atoms with Gasteiger partial charge in [0.15, 0.2) is 5.11 Å². The average Bonchev–Trinajstić information content (AvgIpc) is 2.35. The molecule has 1 fully saturated rings. The summed E-state index contributed by atoms with van der Waals surface area (Å²) in [6.07, 6.45) is 0. The van der Waals surface area contributed by atoms with Crippen LogP contribution in [0.3, 0.4) is 0 Å². The molecular weight excluding hydrogens is 246 g/mol. The van der Waals surface area contributed by atoms with Crippen LogP contribution in [0.1, 0.15) is 11.1 Å². The summed E-state index contributed by atoms with van der Waals surface area (Å²) >= 11 is 5.35. The highest BCUT2D eigenvalue weighted by atomic mass is 32.1. The Balaban J connectivity index is 2.07. The fraction of sp³-hybridized carbons (Fsp3) is 0.385. The van der Waals surface area contributed by atoms with Crippen LogP contribution in [0.25, 0.3) is 0 Å². The molecule has 96 valence electrons. The van der Waals surface area contributed by atoms with Gasteiger partial charge >= 0.3 is 0 Å². The fourth-order valence-electron chi connectivity index (χ4n) is 1.89. The molecule has 1 aromatic rings. The van der Waals surface area contributed by atoms with E-state index in [0.717, 1.165) is 12.2 Å². The number of hydrogen-bond acceptors (Lipinski definition) is 2. The zero-order valence-electron chi connectivity index (χ0n) is 10.6. The summed E-state index contributed by atoms with van der Waals surface area (Å²) in [5.74, 6) is 0.0198. The average molecular weight is 263 g/mol. The van der Waals surface area contributed by atoms with Crippen molar-refractivity contribution in [3.63, 3.8) is 0 Å². The first-order chi connectivity index (χ1) is 8.58. The third kappa shape index (κ3) is 2.79. The Bertz CT molecular complexity index is 487. The van der Waals surface area contributed by atoms with Crippen molar-refractivity contribution >= 4 is 28.9 Å². The van der Waals surface area contributed by atoms with E-state index in [0.29, 0.717) is 18.2 Å². The highest BCUT2D eigenvalue weighted by Crippen LogP contribution is 2.18.